The average Bonchev–Trinajstić information content (AvgIpc) is 3.71. The molecule has 0 aromatic heterocycles. The number of fused-ring (bicyclic) bond motifs is 5. The molecule has 0 heterocycles. The number of esters is 2. The van der Waals surface area contributed by atoms with Crippen LogP contribution in [0.3, 0.4) is 0 Å². The van der Waals surface area contributed by atoms with E-state index >= 15 is 0 Å². The second-order valence-electron chi connectivity index (χ2n) is 20.5. The molecule has 0 aromatic carbocycles. The summed E-state index contributed by atoms with van der Waals surface area (Å²) < 4.78 is 71.1. The Morgan fingerprint density at radius 2 is 1.08 bits per heavy atom. The zero-order chi connectivity index (χ0) is 51.4. The minimum atomic E-state index is -0.781. The first-order valence-corrected chi connectivity index (χ1v) is 26.7. The highest BCUT2D eigenvalue weighted by molar-refractivity contribution is 5.70. The number of rotatable bonds is 41. The van der Waals surface area contributed by atoms with Crippen LogP contribution >= 0.6 is 0 Å². The van der Waals surface area contributed by atoms with Gasteiger partial charge in [-0.15, -0.1) is 0 Å². The molecule has 0 aliphatic heterocycles. The summed E-state index contributed by atoms with van der Waals surface area (Å²) in [4.78, 5) is 25.2. The van der Waals surface area contributed by atoms with Crippen LogP contribution in [0.15, 0.2) is 0 Å². The Bertz CT molecular complexity index is 1430. The molecule has 12 atom stereocenters. The van der Waals surface area contributed by atoms with E-state index < -0.39 is 24.3 Å². The number of hydrogen-bond donors (Lipinski definition) is 4. The summed E-state index contributed by atoms with van der Waals surface area (Å²) >= 11 is 0. The van der Waals surface area contributed by atoms with Crippen LogP contribution in [0.4, 0.5) is 0 Å². The summed E-state index contributed by atoms with van der Waals surface area (Å²) in [5.74, 6) is 0.0560. The van der Waals surface area contributed by atoms with Gasteiger partial charge in [0, 0.05) is 12.8 Å². The van der Waals surface area contributed by atoms with Crippen LogP contribution in [0.25, 0.3) is 0 Å². The number of carbonyl (C=O) groups is 2. The Morgan fingerprint density at radius 1 is 0.592 bits per heavy atom. The molecular formula is C52H94O19. The summed E-state index contributed by atoms with van der Waals surface area (Å²) in [7, 11) is 0. The first-order valence-electron chi connectivity index (χ1n) is 26.7. The number of ether oxygens (including phenoxy) is 13. The second kappa shape index (κ2) is 34.1. The van der Waals surface area contributed by atoms with Gasteiger partial charge in [0.2, 0.25) is 0 Å². The molecule has 4 aliphatic carbocycles. The van der Waals surface area contributed by atoms with Crippen LogP contribution in [-0.4, -0.2) is 209 Å². The molecule has 71 heavy (non-hydrogen) atoms. The largest absolute Gasteiger partial charge is 0.462 e. The fraction of sp³-hybridized carbons (Fsp3) is 0.962. The third-order valence-corrected chi connectivity index (χ3v) is 16.2. The van der Waals surface area contributed by atoms with Gasteiger partial charge >= 0.3 is 11.9 Å². The number of hydrogen-bond acceptors (Lipinski definition) is 19. The lowest BCUT2D eigenvalue weighted by molar-refractivity contribution is -0.251. The van der Waals surface area contributed by atoms with Crippen molar-refractivity contribution in [2.45, 2.75) is 123 Å². The quantitative estimate of drug-likeness (QED) is 0.0388. The maximum Gasteiger partial charge on any atom is 0.305 e. The first-order chi connectivity index (χ1) is 34.3. The zero-order valence-electron chi connectivity index (χ0n) is 43.9. The molecule has 0 amide bonds. The lowest BCUT2D eigenvalue weighted by Gasteiger charge is -2.69. The van der Waals surface area contributed by atoms with Crippen LogP contribution in [0.2, 0.25) is 0 Å². The van der Waals surface area contributed by atoms with Gasteiger partial charge in [-0.3, -0.25) is 9.59 Å². The van der Waals surface area contributed by atoms with E-state index in [9.17, 15) is 24.9 Å². The van der Waals surface area contributed by atoms with Crippen molar-refractivity contribution in [2.24, 2.45) is 45.8 Å². The molecule has 0 radical (unpaired) electrons. The predicted octanol–water partition coefficient (Wildman–Crippen LogP) is 3.75. The summed E-state index contributed by atoms with van der Waals surface area (Å²) in [6.07, 6.45) is 4.55. The first kappa shape index (κ1) is 61.9. The second-order valence-corrected chi connectivity index (χ2v) is 20.5. The van der Waals surface area contributed by atoms with Crippen LogP contribution in [0, 0.1) is 45.8 Å². The average molecular weight is 1020 g/mol. The van der Waals surface area contributed by atoms with Crippen molar-refractivity contribution in [3.05, 3.63) is 0 Å². The van der Waals surface area contributed by atoms with Crippen molar-refractivity contribution < 1.29 is 91.6 Å². The molecule has 19 nitrogen and oxygen atoms in total. The van der Waals surface area contributed by atoms with Gasteiger partial charge in [0.25, 0.3) is 0 Å². The number of carbonyl (C=O) groups excluding carboxylic acids is 2. The van der Waals surface area contributed by atoms with Gasteiger partial charge < -0.3 is 82.0 Å². The van der Waals surface area contributed by atoms with E-state index in [-0.39, 0.29) is 104 Å². The smallest absolute Gasteiger partial charge is 0.305 e. The molecule has 4 fully saturated rings. The van der Waals surface area contributed by atoms with E-state index in [1.165, 1.54) is 0 Å². The molecule has 0 saturated heterocycles. The monoisotopic (exact) mass is 1020 g/mol. The summed E-state index contributed by atoms with van der Waals surface area (Å²) in [6, 6.07) is 0. The molecular weight excluding hydrogens is 929 g/mol. The lowest BCUT2D eigenvalue weighted by Crippen LogP contribution is -2.67. The highest BCUT2D eigenvalue weighted by Crippen LogP contribution is 2.73. The standard InChI is InChI=1S/C52H94O19/c1-6-47(57)71-42(36-69-38-68-32-31-67-30-29-66-28-27-65-26-25-64-24-23-63-22-21-62-20-19-61-18-17-60-16-15-59-14-13-53)37-70-48(58)10-7-39(2)43-8-9-44-49-45(55)34-40-33-41(54)11-12-50(40,3)51(49,4)35-46(56)52(43,44)5/h39-46,49,53-56H,6-38H2,1-5H3/t39-,40?,41-,42?,43-,44+,45-,46+,49?,50+,51+,52-/m0/s1. The van der Waals surface area contributed by atoms with Crippen molar-refractivity contribution in [1.29, 1.82) is 0 Å². The molecule has 0 spiro atoms. The Balaban J connectivity index is 0.951. The van der Waals surface area contributed by atoms with E-state index in [0.29, 0.717) is 138 Å². The maximum absolute atomic E-state index is 13.1. The normalized spacial score (nSPS) is 30.1. The van der Waals surface area contributed by atoms with Gasteiger partial charge in [-0.05, 0) is 97.2 Å². The van der Waals surface area contributed by atoms with Gasteiger partial charge in [-0.2, -0.15) is 0 Å². The molecule has 3 unspecified atom stereocenters. The molecule has 4 rings (SSSR count). The van der Waals surface area contributed by atoms with Crippen LogP contribution in [0.5, 0.6) is 0 Å². The fourth-order valence-corrected chi connectivity index (χ4v) is 12.2. The summed E-state index contributed by atoms with van der Waals surface area (Å²) in [5.41, 5.74) is -0.632. The minimum absolute atomic E-state index is 0.00321. The maximum atomic E-state index is 13.1. The highest BCUT2D eigenvalue weighted by atomic mass is 16.7. The van der Waals surface area contributed by atoms with Crippen LogP contribution in [-0.2, 0) is 71.2 Å². The molecule has 4 N–H and O–H groups in total. The van der Waals surface area contributed by atoms with Gasteiger partial charge in [0.1, 0.15) is 13.4 Å². The highest BCUT2D eigenvalue weighted by Gasteiger charge is 2.70. The van der Waals surface area contributed by atoms with E-state index in [4.69, 9.17) is 66.7 Å². The molecule has 4 aliphatic rings. The van der Waals surface area contributed by atoms with Crippen molar-refractivity contribution in [3.8, 4) is 0 Å². The van der Waals surface area contributed by atoms with Crippen LogP contribution in [0.1, 0.15) is 98.8 Å². The third kappa shape index (κ3) is 19.8. The molecule has 4 saturated carbocycles. The third-order valence-electron chi connectivity index (χ3n) is 16.2. The minimum Gasteiger partial charge on any atom is -0.462 e. The van der Waals surface area contributed by atoms with Gasteiger partial charge in [0.05, 0.1) is 157 Å². The van der Waals surface area contributed by atoms with Crippen molar-refractivity contribution in [2.75, 3.05) is 152 Å². The summed E-state index contributed by atoms with van der Waals surface area (Å²) in [5, 5.41) is 43.0. The van der Waals surface area contributed by atoms with E-state index in [1.807, 2.05) is 0 Å². The van der Waals surface area contributed by atoms with Crippen LogP contribution < -0.4 is 0 Å². The van der Waals surface area contributed by atoms with Crippen molar-refractivity contribution >= 4 is 11.9 Å². The number of aliphatic hydroxyl groups excluding tert-OH is 4. The van der Waals surface area contributed by atoms with Gasteiger partial charge in [0.15, 0.2) is 6.10 Å². The van der Waals surface area contributed by atoms with Crippen molar-refractivity contribution in [3.63, 3.8) is 0 Å². The van der Waals surface area contributed by atoms with E-state index in [0.717, 1.165) is 32.1 Å². The molecule has 19 heteroatoms. The predicted molar refractivity (Wildman–Crippen MR) is 259 cm³/mol. The zero-order valence-corrected chi connectivity index (χ0v) is 43.9. The lowest BCUT2D eigenvalue weighted by atomic mass is 9.37. The Hall–Kier alpha value is -1.66. The Kier molecular flexibility index (Phi) is 29.7. The molecule has 0 bridgehead atoms. The fourth-order valence-electron chi connectivity index (χ4n) is 12.2. The van der Waals surface area contributed by atoms with Gasteiger partial charge in [-0.1, -0.05) is 34.6 Å². The van der Waals surface area contributed by atoms with Crippen molar-refractivity contribution in [1.82, 2.24) is 0 Å². The Labute approximate surface area is 423 Å². The number of aliphatic hydroxyl groups is 4. The molecule has 0 aromatic rings. The van der Waals surface area contributed by atoms with E-state index in [1.54, 1.807) is 6.92 Å². The molecule has 416 valence electrons. The van der Waals surface area contributed by atoms with E-state index in [2.05, 4.69) is 27.7 Å². The topological polar surface area (TPSA) is 235 Å². The SMILES string of the molecule is CCC(=O)OC(COCOCCOCCOCCOCCOCCOCCOCCOCCOCCOCCO)COC(=O)CC[C@H](C)[C@@H]1CC[C@@H]2C3[C@@H](O)CC4C[C@@H](O)CC[C@@]4(C)[C@]3(C)C[C@@H](O)[C@]21C. The Morgan fingerprint density at radius 3 is 1.58 bits per heavy atom. The summed E-state index contributed by atoms with van der Waals surface area (Å²) in [6.45, 7) is 18.8. The van der Waals surface area contributed by atoms with Gasteiger partial charge in [-0.25, -0.2) is 0 Å².